The average molecular weight is 360 g/mol. The highest BCUT2D eigenvalue weighted by Crippen LogP contribution is 2.33. The standard InChI is InChI=1S/C17H12O7S/c18-17-6-2-11-1-3-12(9-15(11)23-17)24-25(19,20)13-4-5-14-16(10-13)22-8-7-21-14/h1-6,9-10H,7-8H2. The van der Waals surface area contributed by atoms with Gasteiger partial charge >= 0.3 is 15.7 Å². The van der Waals surface area contributed by atoms with Gasteiger partial charge in [-0.25, -0.2) is 4.79 Å². The molecule has 0 atom stereocenters. The molecule has 4 rings (SSSR count). The van der Waals surface area contributed by atoms with Gasteiger partial charge in [-0.15, -0.1) is 0 Å². The minimum Gasteiger partial charge on any atom is -0.486 e. The Bertz CT molecular complexity index is 1120. The van der Waals surface area contributed by atoms with Gasteiger partial charge in [-0.3, -0.25) is 0 Å². The van der Waals surface area contributed by atoms with Crippen LogP contribution < -0.4 is 19.3 Å². The van der Waals surface area contributed by atoms with Crippen LogP contribution in [0.2, 0.25) is 0 Å². The zero-order valence-electron chi connectivity index (χ0n) is 12.8. The normalized spacial score (nSPS) is 13.6. The van der Waals surface area contributed by atoms with E-state index in [4.69, 9.17) is 18.1 Å². The van der Waals surface area contributed by atoms with Gasteiger partial charge < -0.3 is 18.1 Å². The van der Waals surface area contributed by atoms with Crippen LogP contribution in [0.3, 0.4) is 0 Å². The fourth-order valence-electron chi connectivity index (χ4n) is 2.45. The first-order valence-electron chi connectivity index (χ1n) is 7.39. The summed E-state index contributed by atoms with van der Waals surface area (Å²) in [7, 11) is -4.08. The van der Waals surface area contributed by atoms with Gasteiger partial charge in [-0.05, 0) is 30.3 Å². The lowest BCUT2D eigenvalue weighted by Gasteiger charge is -2.18. The van der Waals surface area contributed by atoms with E-state index in [1.165, 1.54) is 36.4 Å². The lowest BCUT2D eigenvalue weighted by Crippen LogP contribution is -2.16. The summed E-state index contributed by atoms with van der Waals surface area (Å²) in [6.45, 7) is 0.763. The summed E-state index contributed by atoms with van der Waals surface area (Å²) in [6.07, 6.45) is 0. The first-order chi connectivity index (χ1) is 12.0. The highest BCUT2D eigenvalue weighted by atomic mass is 32.2. The average Bonchev–Trinajstić information content (AvgIpc) is 2.60. The van der Waals surface area contributed by atoms with E-state index in [0.29, 0.717) is 30.1 Å². The number of rotatable bonds is 3. The van der Waals surface area contributed by atoms with Gasteiger partial charge in [0.2, 0.25) is 0 Å². The van der Waals surface area contributed by atoms with Gasteiger partial charge in [-0.2, -0.15) is 8.42 Å². The summed E-state index contributed by atoms with van der Waals surface area (Å²) in [5.41, 5.74) is -0.290. The molecular formula is C17H12O7S. The first-order valence-corrected chi connectivity index (χ1v) is 8.80. The third-order valence-electron chi connectivity index (χ3n) is 3.60. The molecule has 0 radical (unpaired) electrons. The second kappa shape index (κ2) is 5.82. The van der Waals surface area contributed by atoms with Gasteiger partial charge in [-0.1, -0.05) is 0 Å². The van der Waals surface area contributed by atoms with Crippen LogP contribution in [-0.2, 0) is 10.1 Å². The van der Waals surface area contributed by atoms with Crippen LogP contribution in [0.25, 0.3) is 11.0 Å². The summed E-state index contributed by atoms with van der Waals surface area (Å²) in [4.78, 5) is 11.2. The smallest absolute Gasteiger partial charge is 0.339 e. The molecule has 0 aliphatic carbocycles. The van der Waals surface area contributed by atoms with Gasteiger partial charge in [0, 0.05) is 23.6 Å². The second-order valence-electron chi connectivity index (χ2n) is 5.30. The molecule has 0 N–H and O–H groups in total. The lowest BCUT2D eigenvalue weighted by molar-refractivity contribution is 0.171. The van der Waals surface area contributed by atoms with Crippen molar-refractivity contribution in [2.75, 3.05) is 13.2 Å². The molecule has 2 aromatic carbocycles. The van der Waals surface area contributed by atoms with E-state index >= 15 is 0 Å². The molecule has 0 fully saturated rings. The molecule has 7 nitrogen and oxygen atoms in total. The maximum Gasteiger partial charge on any atom is 0.339 e. The van der Waals surface area contributed by atoms with Crippen molar-refractivity contribution in [3.8, 4) is 17.2 Å². The van der Waals surface area contributed by atoms with Gasteiger partial charge in [0.1, 0.15) is 29.4 Å². The third-order valence-corrected chi connectivity index (χ3v) is 4.85. The molecule has 0 unspecified atom stereocenters. The highest BCUT2D eigenvalue weighted by Gasteiger charge is 2.21. The van der Waals surface area contributed by atoms with Crippen molar-refractivity contribution in [3.05, 3.63) is 59.0 Å². The second-order valence-corrected chi connectivity index (χ2v) is 6.84. The minimum absolute atomic E-state index is 0.0386. The van der Waals surface area contributed by atoms with E-state index in [0.717, 1.165) is 0 Å². The fraction of sp³-hybridized carbons (Fsp3) is 0.118. The Morgan fingerprint density at radius 3 is 2.48 bits per heavy atom. The van der Waals surface area contributed by atoms with Crippen LogP contribution in [0.4, 0.5) is 0 Å². The van der Waals surface area contributed by atoms with Crippen molar-refractivity contribution < 1.29 is 26.5 Å². The zero-order valence-corrected chi connectivity index (χ0v) is 13.6. The fourth-order valence-corrected chi connectivity index (χ4v) is 3.39. The van der Waals surface area contributed by atoms with Crippen molar-refractivity contribution in [1.29, 1.82) is 0 Å². The summed E-state index contributed by atoms with van der Waals surface area (Å²) < 4.78 is 45.9. The zero-order chi connectivity index (χ0) is 17.4. The van der Waals surface area contributed by atoms with Crippen LogP contribution in [0, 0.1) is 0 Å². The molecule has 0 amide bonds. The van der Waals surface area contributed by atoms with Crippen LogP contribution >= 0.6 is 0 Å². The number of ether oxygens (including phenoxy) is 2. The molecule has 0 bridgehead atoms. The van der Waals surface area contributed by atoms with Crippen LogP contribution in [0.1, 0.15) is 0 Å². The SMILES string of the molecule is O=c1ccc2ccc(OS(=O)(=O)c3ccc4c(c3)OCCO4)cc2o1. The van der Waals surface area contributed by atoms with Crippen molar-refractivity contribution in [1.82, 2.24) is 0 Å². The molecule has 1 aliphatic rings. The molecule has 1 aromatic heterocycles. The molecular weight excluding hydrogens is 348 g/mol. The molecule has 0 saturated carbocycles. The third kappa shape index (κ3) is 3.03. The summed E-state index contributed by atoms with van der Waals surface area (Å²) >= 11 is 0. The quantitative estimate of drug-likeness (QED) is 0.523. The molecule has 128 valence electrons. The Kier molecular flexibility index (Phi) is 3.61. The summed E-state index contributed by atoms with van der Waals surface area (Å²) in [5, 5.41) is 0.656. The van der Waals surface area contributed by atoms with Gasteiger partial charge in [0.25, 0.3) is 0 Å². The molecule has 8 heteroatoms. The van der Waals surface area contributed by atoms with Gasteiger partial charge in [0.15, 0.2) is 11.5 Å². The van der Waals surface area contributed by atoms with E-state index in [1.54, 1.807) is 12.1 Å². The Morgan fingerprint density at radius 1 is 0.880 bits per heavy atom. The van der Waals surface area contributed by atoms with Crippen LogP contribution in [0.5, 0.6) is 17.2 Å². The summed E-state index contributed by atoms with van der Waals surface area (Å²) in [6, 6.07) is 11.6. The van der Waals surface area contributed by atoms with Crippen molar-refractivity contribution in [2.24, 2.45) is 0 Å². The topological polar surface area (TPSA) is 92.0 Å². The Labute approximate surface area is 142 Å². The minimum atomic E-state index is -4.08. The summed E-state index contributed by atoms with van der Waals surface area (Å²) in [5.74, 6) is 0.870. The predicted octanol–water partition coefficient (Wildman–Crippen LogP) is 2.33. The van der Waals surface area contributed by atoms with Crippen molar-refractivity contribution in [2.45, 2.75) is 4.90 Å². The molecule has 2 heterocycles. The van der Waals surface area contributed by atoms with Gasteiger partial charge in [0.05, 0.1) is 0 Å². The predicted molar refractivity (Wildman–Crippen MR) is 87.7 cm³/mol. The largest absolute Gasteiger partial charge is 0.486 e. The maximum atomic E-state index is 12.5. The van der Waals surface area contributed by atoms with E-state index in [2.05, 4.69) is 0 Å². The highest BCUT2D eigenvalue weighted by molar-refractivity contribution is 7.87. The maximum absolute atomic E-state index is 12.5. The van der Waals surface area contributed by atoms with Crippen molar-refractivity contribution in [3.63, 3.8) is 0 Å². The molecule has 0 spiro atoms. The van der Waals surface area contributed by atoms with Crippen molar-refractivity contribution >= 4 is 21.1 Å². The molecule has 25 heavy (non-hydrogen) atoms. The van der Waals surface area contributed by atoms with E-state index < -0.39 is 15.7 Å². The number of benzene rings is 2. The lowest BCUT2D eigenvalue weighted by atomic mass is 10.2. The monoisotopic (exact) mass is 360 g/mol. The Balaban J connectivity index is 1.68. The number of hydrogen-bond donors (Lipinski definition) is 0. The Hall–Kier alpha value is -3.00. The van der Waals surface area contributed by atoms with E-state index in [9.17, 15) is 13.2 Å². The van der Waals surface area contributed by atoms with E-state index in [1.807, 2.05) is 0 Å². The number of fused-ring (bicyclic) bond motifs is 2. The van der Waals surface area contributed by atoms with Crippen LogP contribution in [-0.4, -0.2) is 21.6 Å². The number of hydrogen-bond acceptors (Lipinski definition) is 7. The van der Waals surface area contributed by atoms with E-state index in [-0.39, 0.29) is 16.2 Å². The molecule has 1 aliphatic heterocycles. The van der Waals surface area contributed by atoms with Crippen LogP contribution in [0.15, 0.2) is 62.6 Å². The molecule has 0 saturated heterocycles. The Morgan fingerprint density at radius 2 is 1.64 bits per heavy atom. The first kappa shape index (κ1) is 15.5. The molecule has 3 aromatic rings.